The normalized spacial score (nSPS) is 13.8. The van der Waals surface area contributed by atoms with Crippen LogP contribution >= 0.6 is 0 Å². The molecule has 0 radical (unpaired) electrons. The molecule has 0 saturated heterocycles. The topological polar surface area (TPSA) is 21.3 Å². The van der Waals surface area contributed by atoms with Crippen LogP contribution in [0.2, 0.25) is 0 Å². The predicted molar refractivity (Wildman–Crippen MR) is 79.3 cm³/mol. The third kappa shape index (κ3) is 3.58. The van der Waals surface area contributed by atoms with Crippen molar-refractivity contribution in [1.29, 1.82) is 0 Å². The molecular formula is C17H19F2NO. The Morgan fingerprint density at radius 1 is 1.00 bits per heavy atom. The van der Waals surface area contributed by atoms with Gasteiger partial charge in [0.05, 0.1) is 7.11 Å². The van der Waals surface area contributed by atoms with Crippen LogP contribution in [0.3, 0.4) is 0 Å². The molecule has 21 heavy (non-hydrogen) atoms. The fourth-order valence-corrected chi connectivity index (χ4v) is 2.45. The summed E-state index contributed by atoms with van der Waals surface area (Å²) in [6.07, 6.45) is 0. The van der Waals surface area contributed by atoms with Gasteiger partial charge in [-0.05, 0) is 43.7 Å². The molecule has 0 aliphatic heterocycles. The molecule has 2 unspecified atom stereocenters. The summed E-state index contributed by atoms with van der Waals surface area (Å²) in [4.78, 5) is 0. The van der Waals surface area contributed by atoms with E-state index in [1.165, 1.54) is 25.3 Å². The van der Waals surface area contributed by atoms with Crippen LogP contribution in [-0.4, -0.2) is 7.11 Å². The van der Waals surface area contributed by atoms with Crippen LogP contribution in [0.15, 0.2) is 42.5 Å². The minimum atomic E-state index is -0.319. The molecule has 2 atom stereocenters. The minimum absolute atomic E-state index is 0.111. The highest BCUT2D eigenvalue weighted by atomic mass is 19.1. The average molecular weight is 291 g/mol. The lowest BCUT2D eigenvalue weighted by atomic mass is 10.0. The average Bonchev–Trinajstić information content (AvgIpc) is 2.46. The smallest absolute Gasteiger partial charge is 0.131 e. The van der Waals surface area contributed by atoms with Gasteiger partial charge >= 0.3 is 0 Å². The van der Waals surface area contributed by atoms with Gasteiger partial charge in [-0.3, -0.25) is 0 Å². The number of ether oxygens (including phenoxy) is 1. The summed E-state index contributed by atoms with van der Waals surface area (Å²) in [5, 5.41) is 3.27. The lowest BCUT2D eigenvalue weighted by molar-refractivity contribution is 0.387. The molecule has 0 aliphatic carbocycles. The van der Waals surface area contributed by atoms with Crippen molar-refractivity contribution >= 4 is 0 Å². The van der Waals surface area contributed by atoms with Crippen LogP contribution < -0.4 is 10.1 Å². The molecule has 0 bridgehead atoms. The Morgan fingerprint density at radius 3 is 2.38 bits per heavy atom. The van der Waals surface area contributed by atoms with Gasteiger partial charge in [0, 0.05) is 17.6 Å². The number of methoxy groups -OCH3 is 1. The Hall–Kier alpha value is -1.94. The van der Waals surface area contributed by atoms with Crippen LogP contribution in [0.25, 0.3) is 0 Å². The Labute approximate surface area is 123 Å². The summed E-state index contributed by atoms with van der Waals surface area (Å²) < 4.78 is 32.5. The monoisotopic (exact) mass is 291 g/mol. The van der Waals surface area contributed by atoms with E-state index in [-0.39, 0.29) is 23.7 Å². The molecule has 0 amide bonds. The quantitative estimate of drug-likeness (QED) is 0.882. The van der Waals surface area contributed by atoms with Gasteiger partial charge in [0.2, 0.25) is 0 Å². The van der Waals surface area contributed by atoms with Crippen molar-refractivity contribution in [3.8, 4) is 5.75 Å². The maximum atomic E-state index is 14.0. The molecule has 112 valence electrons. The predicted octanol–water partition coefficient (Wildman–Crippen LogP) is 4.39. The van der Waals surface area contributed by atoms with Gasteiger partial charge in [-0.1, -0.05) is 18.2 Å². The van der Waals surface area contributed by atoms with Crippen molar-refractivity contribution in [3.05, 3.63) is 65.2 Å². The number of rotatable bonds is 5. The number of benzene rings is 2. The lowest BCUT2D eigenvalue weighted by Gasteiger charge is -2.22. The second-order valence-electron chi connectivity index (χ2n) is 5.02. The molecule has 0 aliphatic rings. The third-order valence-corrected chi connectivity index (χ3v) is 3.51. The van der Waals surface area contributed by atoms with E-state index in [0.717, 1.165) is 5.56 Å². The zero-order chi connectivity index (χ0) is 15.4. The second-order valence-corrected chi connectivity index (χ2v) is 5.02. The molecule has 0 heterocycles. The first-order valence-corrected chi connectivity index (χ1v) is 6.87. The molecule has 2 rings (SSSR count). The van der Waals surface area contributed by atoms with Crippen molar-refractivity contribution in [2.24, 2.45) is 0 Å². The Bertz CT molecular complexity index is 615. The third-order valence-electron chi connectivity index (χ3n) is 3.51. The number of hydrogen-bond acceptors (Lipinski definition) is 2. The lowest BCUT2D eigenvalue weighted by Crippen LogP contribution is -2.23. The zero-order valence-electron chi connectivity index (χ0n) is 12.4. The van der Waals surface area contributed by atoms with Crippen molar-refractivity contribution < 1.29 is 13.5 Å². The van der Waals surface area contributed by atoms with Gasteiger partial charge in [-0.2, -0.15) is 0 Å². The van der Waals surface area contributed by atoms with E-state index in [1.54, 1.807) is 18.2 Å². The fourth-order valence-electron chi connectivity index (χ4n) is 2.45. The van der Waals surface area contributed by atoms with E-state index in [9.17, 15) is 8.78 Å². The summed E-state index contributed by atoms with van der Waals surface area (Å²) in [5.74, 6) is -0.0977. The SMILES string of the molecule is COc1cccc(F)c1C(C)NC(C)c1cccc(F)c1. The maximum Gasteiger partial charge on any atom is 0.131 e. The summed E-state index contributed by atoms with van der Waals surface area (Å²) >= 11 is 0. The molecule has 2 aromatic rings. The van der Waals surface area contributed by atoms with E-state index in [0.29, 0.717) is 11.3 Å². The van der Waals surface area contributed by atoms with Crippen LogP contribution in [0.5, 0.6) is 5.75 Å². The highest BCUT2D eigenvalue weighted by Crippen LogP contribution is 2.29. The summed E-state index contributed by atoms with van der Waals surface area (Å²) in [6.45, 7) is 3.77. The highest BCUT2D eigenvalue weighted by molar-refractivity contribution is 5.37. The summed E-state index contributed by atoms with van der Waals surface area (Å²) in [7, 11) is 1.51. The van der Waals surface area contributed by atoms with Crippen LogP contribution in [0.1, 0.15) is 37.1 Å². The number of nitrogens with one attached hydrogen (secondary N) is 1. The van der Waals surface area contributed by atoms with Gasteiger partial charge < -0.3 is 10.1 Å². The zero-order valence-corrected chi connectivity index (χ0v) is 12.4. The second kappa shape index (κ2) is 6.68. The standard InChI is InChI=1S/C17H19F2NO/c1-11(13-6-4-7-14(18)10-13)20-12(2)17-15(19)8-5-9-16(17)21-3/h4-12,20H,1-3H3. The Morgan fingerprint density at radius 2 is 1.71 bits per heavy atom. The Balaban J connectivity index is 2.20. The molecule has 0 spiro atoms. The number of halogens is 2. The Kier molecular flexibility index (Phi) is 4.91. The van der Waals surface area contributed by atoms with Crippen molar-refractivity contribution in [2.75, 3.05) is 7.11 Å². The minimum Gasteiger partial charge on any atom is -0.496 e. The molecule has 2 aromatic carbocycles. The first kappa shape index (κ1) is 15.4. The first-order chi connectivity index (χ1) is 10.0. The molecule has 0 saturated carbocycles. The van der Waals surface area contributed by atoms with Gasteiger partial charge in [-0.15, -0.1) is 0 Å². The van der Waals surface area contributed by atoms with E-state index >= 15 is 0 Å². The fraction of sp³-hybridized carbons (Fsp3) is 0.294. The van der Waals surface area contributed by atoms with Crippen molar-refractivity contribution in [3.63, 3.8) is 0 Å². The summed E-state index contributed by atoms with van der Waals surface area (Å²) in [6, 6.07) is 10.7. The molecular weight excluding hydrogens is 272 g/mol. The van der Waals surface area contributed by atoms with Crippen molar-refractivity contribution in [1.82, 2.24) is 5.32 Å². The van der Waals surface area contributed by atoms with Gasteiger partial charge in [0.1, 0.15) is 17.4 Å². The van der Waals surface area contributed by atoms with Gasteiger partial charge in [-0.25, -0.2) is 8.78 Å². The van der Waals surface area contributed by atoms with Crippen LogP contribution in [0, 0.1) is 11.6 Å². The molecule has 2 nitrogen and oxygen atoms in total. The van der Waals surface area contributed by atoms with Gasteiger partial charge in [0.25, 0.3) is 0 Å². The van der Waals surface area contributed by atoms with Crippen LogP contribution in [-0.2, 0) is 0 Å². The largest absolute Gasteiger partial charge is 0.496 e. The van der Waals surface area contributed by atoms with Crippen molar-refractivity contribution in [2.45, 2.75) is 25.9 Å². The van der Waals surface area contributed by atoms with E-state index in [2.05, 4.69) is 5.32 Å². The molecule has 4 heteroatoms. The van der Waals surface area contributed by atoms with Gasteiger partial charge in [0.15, 0.2) is 0 Å². The van der Waals surface area contributed by atoms with Crippen LogP contribution in [0.4, 0.5) is 8.78 Å². The summed E-state index contributed by atoms with van der Waals surface area (Å²) in [5.41, 5.74) is 1.29. The maximum absolute atomic E-state index is 14.0. The van der Waals surface area contributed by atoms with E-state index in [1.807, 2.05) is 19.9 Å². The number of hydrogen-bond donors (Lipinski definition) is 1. The molecule has 0 fully saturated rings. The molecule has 1 N–H and O–H groups in total. The molecule has 0 aromatic heterocycles. The van der Waals surface area contributed by atoms with E-state index < -0.39 is 0 Å². The highest BCUT2D eigenvalue weighted by Gasteiger charge is 2.18. The first-order valence-electron chi connectivity index (χ1n) is 6.87. The van der Waals surface area contributed by atoms with E-state index in [4.69, 9.17) is 4.74 Å².